The molecule has 1 aliphatic heterocycles. The summed E-state index contributed by atoms with van der Waals surface area (Å²) in [5, 5.41) is 15.2. The number of nitrogens with one attached hydrogen (secondary N) is 2. The minimum atomic E-state index is -0.390. The van der Waals surface area contributed by atoms with Crippen LogP contribution in [0.2, 0.25) is 0 Å². The zero-order chi connectivity index (χ0) is 12.8. The van der Waals surface area contributed by atoms with Gasteiger partial charge in [-0.15, -0.1) is 0 Å². The zero-order valence-corrected chi connectivity index (χ0v) is 10.9. The number of rotatable bonds is 5. The molecule has 2 fully saturated rings. The quantitative estimate of drug-likeness (QED) is 0.614. The third-order valence-electron chi connectivity index (χ3n) is 3.73. The van der Waals surface area contributed by atoms with Gasteiger partial charge in [0.1, 0.15) is 0 Å². The number of amides is 1. The molecule has 1 aliphatic carbocycles. The van der Waals surface area contributed by atoms with Gasteiger partial charge in [-0.05, 0) is 19.3 Å². The number of β-amino-alcohol motifs (C(OH)–C–C–N with tert-alkyl or cyclic N) is 1. The van der Waals surface area contributed by atoms with Crippen LogP contribution in [0.1, 0.15) is 38.5 Å². The first-order chi connectivity index (χ1) is 8.75. The fourth-order valence-electron chi connectivity index (χ4n) is 2.67. The van der Waals surface area contributed by atoms with Crippen LogP contribution in [0.3, 0.4) is 0 Å². The van der Waals surface area contributed by atoms with Gasteiger partial charge in [0.25, 0.3) is 0 Å². The highest BCUT2D eigenvalue weighted by Gasteiger charge is 2.27. The third-order valence-corrected chi connectivity index (χ3v) is 3.73. The predicted octanol–water partition coefficient (Wildman–Crippen LogP) is 0.175. The van der Waals surface area contributed by atoms with E-state index in [4.69, 9.17) is 4.74 Å². The first-order valence-electron chi connectivity index (χ1n) is 7.06. The first-order valence-corrected chi connectivity index (χ1v) is 7.06. The second-order valence-electron chi connectivity index (χ2n) is 5.27. The number of aliphatic hydroxyl groups is 1. The Balaban J connectivity index is 1.53. The maximum atomic E-state index is 11.7. The van der Waals surface area contributed by atoms with Gasteiger partial charge in [-0.1, -0.05) is 19.3 Å². The van der Waals surface area contributed by atoms with Gasteiger partial charge in [-0.25, -0.2) is 0 Å². The average Bonchev–Trinajstić information content (AvgIpc) is 2.82. The summed E-state index contributed by atoms with van der Waals surface area (Å²) in [5.41, 5.74) is 0. The molecule has 2 unspecified atom stereocenters. The van der Waals surface area contributed by atoms with Crippen LogP contribution in [0.15, 0.2) is 0 Å². The average molecular weight is 256 g/mol. The van der Waals surface area contributed by atoms with Crippen molar-refractivity contribution >= 4 is 5.91 Å². The normalized spacial score (nSPS) is 29.4. The van der Waals surface area contributed by atoms with Crippen LogP contribution in [0, 0.1) is 0 Å². The Morgan fingerprint density at radius 1 is 1.33 bits per heavy atom. The van der Waals surface area contributed by atoms with Crippen molar-refractivity contribution in [3.05, 3.63) is 0 Å². The van der Waals surface area contributed by atoms with E-state index in [-0.39, 0.29) is 18.1 Å². The molecule has 0 bridgehead atoms. The fourth-order valence-corrected chi connectivity index (χ4v) is 2.67. The summed E-state index contributed by atoms with van der Waals surface area (Å²) >= 11 is 0. The summed E-state index contributed by atoms with van der Waals surface area (Å²) in [7, 11) is 0. The summed E-state index contributed by atoms with van der Waals surface area (Å²) < 4.78 is 5.73. The van der Waals surface area contributed by atoms with Crippen molar-refractivity contribution in [2.75, 3.05) is 19.7 Å². The zero-order valence-electron chi connectivity index (χ0n) is 10.9. The summed E-state index contributed by atoms with van der Waals surface area (Å²) in [5.74, 6) is -0.0289. The molecule has 0 aromatic heterocycles. The molecule has 1 saturated carbocycles. The molecule has 0 aromatic carbocycles. The van der Waals surface area contributed by atoms with E-state index in [1.165, 1.54) is 19.3 Å². The number of hydrogen-bond acceptors (Lipinski definition) is 4. The predicted molar refractivity (Wildman–Crippen MR) is 68.2 cm³/mol. The van der Waals surface area contributed by atoms with E-state index in [1.807, 2.05) is 0 Å². The van der Waals surface area contributed by atoms with Crippen LogP contribution in [-0.2, 0) is 9.53 Å². The molecule has 0 aromatic rings. The molecule has 104 valence electrons. The molecule has 2 atom stereocenters. The van der Waals surface area contributed by atoms with Crippen molar-refractivity contribution in [3.63, 3.8) is 0 Å². The number of carbonyl (C=O) groups excluding carboxylic acids is 1. The van der Waals surface area contributed by atoms with Gasteiger partial charge in [0, 0.05) is 13.1 Å². The molecule has 2 aliphatic rings. The van der Waals surface area contributed by atoms with Crippen LogP contribution in [-0.4, -0.2) is 49.0 Å². The molecule has 3 N–H and O–H groups in total. The van der Waals surface area contributed by atoms with Crippen LogP contribution in [0.25, 0.3) is 0 Å². The molecular weight excluding hydrogens is 232 g/mol. The van der Waals surface area contributed by atoms with E-state index >= 15 is 0 Å². The Bertz CT molecular complexity index is 267. The van der Waals surface area contributed by atoms with Crippen molar-refractivity contribution in [2.45, 2.75) is 56.8 Å². The van der Waals surface area contributed by atoms with Crippen LogP contribution < -0.4 is 10.6 Å². The Kier molecular flexibility index (Phi) is 5.41. The molecule has 1 heterocycles. The van der Waals surface area contributed by atoms with Crippen LogP contribution in [0.5, 0.6) is 0 Å². The summed E-state index contributed by atoms with van der Waals surface area (Å²) in [4.78, 5) is 11.7. The molecule has 5 nitrogen and oxygen atoms in total. The van der Waals surface area contributed by atoms with Crippen LogP contribution in [0.4, 0.5) is 0 Å². The first kappa shape index (κ1) is 13.8. The van der Waals surface area contributed by atoms with Crippen molar-refractivity contribution in [1.29, 1.82) is 0 Å². The summed E-state index contributed by atoms with van der Waals surface area (Å²) in [6.45, 7) is 1.66. The monoisotopic (exact) mass is 256 g/mol. The van der Waals surface area contributed by atoms with Gasteiger partial charge < -0.3 is 20.5 Å². The Morgan fingerprint density at radius 2 is 2.11 bits per heavy atom. The van der Waals surface area contributed by atoms with E-state index in [1.54, 1.807) is 0 Å². The lowest BCUT2D eigenvalue weighted by Gasteiger charge is -2.22. The fraction of sp³-hybridized carbons (Fsp3) is 0.923. The Labute approximate surface area is 108 Å². The van der Waals surface area contributed by atoms with Gasteiger partial charge in [0.05, 0.1) is 24.9 Å². The number of carbonyl (C=O) groups is 1. The standard InChI is InChI=1S/C13H24N2O3/c16-10-8-12(15-9-10)13(17)14-6-7-18-11-4-2-1-3-5-11/h10-12,15-16H,1-9H2,(H,14,17). The SMILES string of the molecule is O=C(NCCOC1CCCCC1)C1CC(O)CN1. The van der Waals surface area contributed by atoms with Crippen LogP contribution >= 0.6 is 0 Å². The van der Waals surface area contributed by atoms with E-state index < -0.39 is 0 Å². The lowest BCUT2D eigenvalue weighted by Crippen LogP contribution is -2.41. The molecule has 5 heteroatoms. The summed E-state index contributed by atoms with van der Waals surface area (Å²) in [6, 6.07) is -0.241. The van der Waals surface area contributed by atoms with Gasteiger partial charge in [0.15, 0.2) is 0 Å². The second kappa shape index (κ2) is 7.07. The number of aliphatic hydroxyl groups excluding tert-OH is 1. The highest BCUT2D eigenvalue weighted by Crippen LogP contribution is 2.19. The highest BCUT2D eigenvalue weighted by atomic mass is 16.5. The highest BCUT2D eigenvalue weighted by molar-refractivity contribution is 5.82. The lowest BCUT2D eigenvalue weighted by molar-refractivity contribution is -0.123. The molecule has 1 amide bonds. The maximum absolute atomic E-state index is 11.7. The lowest BCUT2D eigenvalue weighted by atomic mass is 9.98. The second-order valence-corrected chi connectivity index (χ2v) is 5.27. The number of hydrogen-bond donors (Lipinski definition) is 3. The van der Waals surface area contributed by atoms with Crippen molar-refractivity contribution in [1.82, 2.24) is 10.6 Å². The topological polar surface area (TPSA) is 70.6 Å². The van der Waals surface area contributed by atoms with Gasteiger partial charge in [-0.2, -0.15) is 0 Å². The Morgan fingerprint density at radius 3 is 2.78 bits per heavy atom. The van der Waals surface area contributed by atoms with E-state index in [2.05, 4.69) is 10.6 Å². The minimum absolute atomic E-state index is 0.0289. The molecule has 2 rings (SSSR count). The molecule has 1 saturated heterocycles. The molecular formula is C13H24N2O3. The van der Waals surface area contributed by atoms with Gasteiger partial charge in [0.2, 0.25) is 5.91 Å². The third kappa shape index (κ3) is 4.23. The molecule has 18 heavy (non-hydrogen) atoms. The van der Waals surface area contributed by atoms with Crippen molar-refractivity contribution in [2.24, 2.45) is 0 Å². The van der Waals surface area contributed by atoms with E-state index in [0.29, 0.717) is 32.2 Å². The van der Waals surface area contributed by atoms with Crippen molar-refractivity contribution < 1.29 is 14.6 Å². The Hall–Kier alpha value is -0.650. The van der Waals surface area contributed by atoms with Gasteiger partial charge >= 0.3 is 0 Å². The number of ether oxygens (including phenoxy) is 1. The molecule has 0 spiro atoms. The van der Waals surface area contributed by atoms with Crippen molar-refractivity contribution in [3.8, 4) is 0 Å². The summed E-state index contributed by atoms with van der Waals surface area (Å²) in [6.07, 6.45) is 6.68. The maximum Gasteiger partial charge on any atom is 0.237 e. The van der Waals surface area contributed by atoms with E-state index in [9.17, 15) is 9.90 Å². The van der Waals surface area contributed by atoms with E-state index in [0.717, 1.165) is 12.8 Å². The largest absolute Gasteiger partial charge is 0.392 e. The van der Waals surface area contributed by atoms with Gasteiger partial charge in [-0.3, -0.25) is 4.79 Å². The minimum Gasteiger partial charge on any atom is -0.392 e. The molecule has 0 radical (unpaired) electrons. The smallest absolute Gasteiger partial charge is 0.237 e.